The van der Waals surface area contributed by atoms with E-state index in [-0.39, 0.29) is 0 Å². The van der Waals surface area contributed by atoms with Gasteiger partial charge in [-0.25, -0.2) is 8.78 Å². The predicted molar refractivity (Wildman–Crippen MR) is 88.5 cm³/mol. The minimum Gasteiger partial charge on any atom is -0.494 e. The first-order valence-corrected chi connectivity index (χ1v) is 8.40. The molecule has 0 heterocycles. The van der Waals surface area contributed by atoms with Gasteiger partial charge in [-0.1, -0.05) is 43.9 Å². The first-order valence-electron chi connectivity index (χ1n) is 8.40. The van der Waals surface area contributed by atoms with E-state index in [9.17, 15) is 8.78 Å². The lowest BCUT2D eigenvalue weighted by Gasteiger charge is -2.10. The van der Waals surface area contributed by atoms with Crippen LogP contribution in [0.25, 0.3) is 11.1 Å². The van der Waals surface area contributed by atoms with Gasteiger partial charge in [-0.05, 0) is 54.2 Å². The zero-order chi connectivity index (χ0) is 16.1. The van der Waals surface area contributed by atoms with Gasteiger partial charge in [0.05, 0.1) is 6.61 Å². The van der Waals surface area contributed by atoms with Gasteiger partial charge in [-0.3, -0.25) is 0 Å². The predicted octanol–water partition coefficient (Wildman–Crippen LogP) is 5.98. The zero-order valence-corrected chi connectivity index (χ0v) is 13.2. The third kappa shape index (κ3) is 4.31. The van der Waals surface area contributed by atoms with Crippen LogP contribution in [0.3, 0.4) is 0 Å². The van der Waals surface area contributed by atoms with Gasteiger partial charge in [0.25, 0.3) is 0 Å². The van der Waals surface area contributed by atoms with Gasteiger partial charge in [0.1, 0.15) is 5.75 Å². The van der Waals surface area contributed by atoms with E-state index in [1.54, 1.807) is 6.07 Å². The Balaban J connectivity index is 1.51. The van der Waals surface area contributed by atoms with Gasteiger partial charge in [-0.15, -0.1) is 0 Å². The van der Waals surface area contributed by atoms with Crippen molar-refractivity contribution >= 4 is 0 Å². The number of halogens is 2. The van der Waals surface area contributed by atoms with E-state index >= 15 is 0 Å². The first kappa shape index (κ1) is 16.0. The Morgan fingerprint density at radius 3 is 2.26 bits per heavy atom. The Kier molecular flexibility index (Phi) is 5.27. The second-order valence-electron chi connectivity index (χ2n) is 6.29. The Bertz CT molecular complexity index is 631. The molecule has 3 rings (SSSR count). The summed E-state index contributed by atoms with van der Waals surface area (Å²) in [6, 6.07) is 11.5. The molecule has 23 heavy (non-hydrogen) atoms. The molecule has 0 radical (unpaired) electrons. The summed E-state index contributed by atoms with van der Waals surface area (Å²) >= 11 is 0. The van der Waals surface area contributed by atoms with Gasteiger partial charge in [-0.2, -0.15) is 0 Å². The smallest absolute Gasteiger partial charge is 0.159 e. The molecule has 1 aliphatic carbocycles. The van der Waals surface area contributed by atoms with Crippen LogP contribution < -0.4 is 4.74 Å². The Morgan fingerprint density at radius 2 is 1.57 bits per heavy atom. The van der Waals surface area contributed by atoms with Crippen LogP contribution in [0.5, 0.6) is 5.75 Å². The zero-order valence-electron chi connectivity index (χ0n) is 13.2. The molecule has 0 bridgehead atoms. The molecule has 0 saturated heterocycles. The highest BCUT2D eigenvalue weighted by Gasteiger charge is 2.14. The highest BCUT2D eigenvalue weighted by Crippen LogP contribution is 2.29. The maximum atomic E-state index is 13.3. The SMILES string of the molecule is Fc1ccc(-c2ccc(OCCCC3CCCC3)cc2)cc1F. The fourth-order valence-corrected chi connectivity index (χ4v) is 3.28. The Labute approximate surface area is 136 Å². The summed E-state index contributed by atoms with van der Waals surface area (Å²) in [6.07, 6.45) is 7.88. The van der Waals surface area contributed by atoms with Crippen molar-refractivity contribution in [1.29, 1.82) is 0 Å². The molecule has 1 aliphatic rings. The van der Waals surface area contributed by atoms with Crippen LogP contribution in [0.1, 0.15) is 38.5 Å². The van der Waals surface area contributed by atoms with Crippen molar-refractivity contribution in [2.75, 3.05) is 6.61 Å². The molecule has 0 N–H and O–H groups in total. The quantitative estimate of drug-likeness (QED) is 0.596. The highest BCUT2D eigenvalue weighted by atomic mass is 19.2. The van der Waals surface area contributed by atoms with E-state index in [1.807, 2.05) is 24.3 Å². The average molecular weight is 316 g/mol. The molecule has 1 saturated carbocycles. The summed E-state index contributed by atoms with van der Waals surface area (Å²) in [6.45, 7) is 0.737. The van der Waals surface area contributed by atoms with Crippen LogP contribution in [0.4, 0.5) is 8.78 Å². The minimum atomic E-state index is -0.824. The lowest BCUT2D eigenvalue weighted by atomic mass is 10.0. The molecule has 0 spiro atoms. The molecule has 0 aliphatic heterocycles. The summed E-state index contributed by atoms with van der Waals surface area (Å²) in [5.41, 5.74) is 1.51. The number of hydrogen-bond acceptors (Lipinski definition) is 1. The third-order valence-electron chi connectivity index (χ3n) is 4.61. The molecule has 2 aromatic carbocycles. The molecule has 0 unspecified atom stereocenters. The normalized spacial score (nSPS) is 15.0. The second kappa shape index (κ2) is 7.58. The van der Waals surface area contributed by atoms with Crippen LogP contribution in [-0.2, 0) is 0 Å². The van der Waals surface area contributed by atoms with Crippen LogP contribution in [0, 0.1) is 17.6 Å². The second-order valence-corrected chi connectivity index (χ2v) is 6.29. The van der Waals surface area contributed by atoms with E-state index in [4.69, 9.17) is 4.74 Å². The molecule has 0 aromatic heterocycles. The van der Waals surface area contributed by atoms with Crippen LogP contribution in [-0.4, -0.2) is 6.61 Å². The van der Waals surface area contributed by atoms with Crippen LogP contribution in [0.15, 0.2) is 42.5 Å². The maximum Gasteiger partial charge on any atom is 0.159 e. The summed E-state index contributed by atoms with van der Waals surface area (Å²) in [5, 5.41) is 0. The monoisotopic (exact) mass is 316 g/mol. The van der Waals surface area contributed by atoms with E-state index in [2.05, 4.69) is 0 Å². The summed E-state index contributed by atoms with van der Waals surface area (Å²) < 4.78 is 32.0. The van der Waals surface area contributed by atoms with Gasteiger partial charge in [0.15, 0.2) is 11.6 Å². The van der Waals surface area contributed by atoms with Gasteiger partial charge in [0.2, 0.25) is 0 Å². The van der Waals surface area contributed by atoms with Crippen molar-refractivity contribution in [3.05, 3.63) is 54.1 Å². The molecule has 2 aromatic rings. The number of hydrogen-bond donors (Lipinski definition) is 0. The first-order chi connectivity index (χ1) is 11.2. The van der Waals surface area contributed by atoms with Gasteiger partial charge < -0.3 is 4.74 Å². The van der Waals surface area contributed by atoms with Crippen molar-refractivity contribution in [2.45, 2.75) is 38.5 Å². The van der Waals surface area contributed by atoms with Crippen LogP contribution in [0.2, 0.25) is 0 Å². The molecular weight excluding hydrogens is 294 g/mol. The van der Waals surface area contributed by atoms with Crippen molar-refractivity contribution < 1.29 is 13.5 Å². The number of ether oxygens (including phenoxy) is 1. The lowest BCUT2D eigenvalue weighted by molar-refractivity contribution is 0.292. The number of rotatable bonds is 6. The Morgan fingerprint density at radius 1 is 0.870 bits per heavy atom. The van der Waals surface area contributed by atoms with Crippen molar-refractivity contribution in [3.8, 4) is 16.9 Å². The van der Waals surface area contributed by atoms with Gasteiger partial charge in [0, 0.05) is 0 Å². The fraction of sp³-hybridized carbons (Fsp3) is 0.400. The summed E-state index contributed by atoms with van der Waals surface area (Å²) in [7, 11) is 0. The molecule has 0 atom stereocenters. The van der Waals surface area contributed by atoms with E-state index in [0.29, 0.717) is 5.56 Å². The van der Waals surface area contributed by atoms with Gasteiger partial charge >= 0.3 is 0 Å². The van der Waals surface area contributed by atoms with Crippen LogP contribution >= 0.6 is 0 Å². The summed E-state index contributed by atoms with van der Waals surface area (Å²) in [4.78, 5) is 0. The molecule has 122 valence electrons. The molecular formula is C20H22F2O. The van der Waals surface area contributed by atoms with Crippen molar-refractivity contribution in [2.24, 2.45) is 5.92 Å². The lowest BCUT2D eigenvalue weighted by Crippen LogP contribution is -2.01. The topological polar surface area (TPSA) is 9.23 Å². The average Bonchev–Trinajstić information content (AvgIpc) is 3.08. The fourth-order valence-electron chi connectivity index (χ4n) is 3.28. The maximum absolute atomic E-state index is 13.3. The molecule has 3 heteroatoms. The molecule has 1 fully saturated rings. The Hall–Kier alpha value is -1.90. The summed E-state index contributed by atoms with van der Waals surface area (Å²) in [5.74, 6) is 0.0720. The molecule has 1 nitrogen and oxygen atoms in total. The largest absolute Gasteiger partial charge is 0.494 e. The highest BCUT2D eigenvalue weighted by molar-refractivity contribution is 5.64. The number of benzene rings is 2. The van der Waals surface area contributed by atoms with Crippen molar-refractivity contribution in [3.63, 3.8) is 0 Å². The van der Waals surface area contributed by atoms with E-state index in [1.165, 1.54) is 38.2 Å². The minimum absolute atomic E-state index is 0.664. The van der Waals surface area contributed by atoms with E-state index < -0.39 is 11.6 Å². The van der Waals surface area contributed by atoms with E-state index in [0.717, 1.165) is 36.3 Å². The standard InChI is InChI=1S/C20H22F2O/c21-19-12-9-17(14-20(19)22)16-7-10-18(11-8-16)23-13-3-6-15-4-1-2-5-15/h7-12,14-15H,1-6,13H2. The molecule has 0 amide bonds. The third-order valence-corrected chi connectivity index (χ3v) is 4.61. The van der Waals surface area contributed by atoms with Crippen molar-refractivity contribution in [1.82, 2.24) is 0 Å².